The van der Waals surface area contributed by atoms with E-state index in [1.165, 1.54) is 9.47 Å². The van der Waals surface area contributed by atoms with Crippen LogP contribution in [0.5, 0.6) is 0 Å². The third-order valence-corrected chi connectivity index (χ3v) is 3.84. The third kappa shape index (κ3) is 3.61. The highest BCUT2D eigenvalue weighted by atomic mass is 16.4. The summed E-state index contributed by atoms with van der Waals surface area (Å²) in [5.41, 5.74) is 1.33. The quantitative estimate of drug-likeness (QED) is 0.829. The molecule has 1 amide bonds. The van der Waals surface area contributed by atoms with Crippen molar-refractivity contribution in [3.05, 3.63) is 34.7 Å². The summed E-state index contributed by atoms with van der Waals surface area (Å²) >= 11 is 0. The molecule has 0 radical (unpaired) electrons. The number of carbonyl (C=O) groups excluding carboxylic acids is 1. The van der Waals surface area contributed by atoms with Crippen molar-refractivity contribution in [1.29, 1.82) is 0 Å². The summed E-state index contributed by atoms with van der Waals surface area (Å²) in [6.45, 7) is 2.73. The molecule has 1 aromatic carbocycles. The van der Waals surface area contributed by atoms with E-state index >= 15 is 0 Å². The Hall–Kier alpha value is -2.57. The lowest BCUT2D eigenvalue weighted by atomic mass is 10.3. The number of carbonyl (C=O) groups is 2. The molecule has 0 saturated heterocycles. The molecule has 124 valence electrons. The maximum Gasteiger partial charge on any atom is 0.329 e. The highest BCUT2D eigenvalue weighted by molar-refractivity contribution is 5.81. The number of para-hydroxylation sites is 2. The zero-order valence-electron chi connectivity index (χ0n) is 13.4. The molecule has 0 aliphatic heterocycles. The van der Waals surface area contributed by atoms with Gasteiger partial charge in [0.05, 0.1) is 11.0 Å². The summed E-state index contributed by atoms with van der Waals surface area (Å²) in [4.78, 5) is 36.7. The van der Waals surface area contributed by atoms with Crippen LogP contribution in [0, 0.1) is 0 Å². The number of likely N-dealkylation sites (N-methyl/N-ethyl adjacent to an activating group) is 1. The maximum absolute atomic E-state index is 12.5. The lowest BCUT2D eigenvalue weighted by Gasteiger charge is -2.16. The first kappa shape index (κ1) is 16.8. The van der Waals surface area contributed by atoms with Gasteiger partial charge in [-0.3, -0.25) is 18.7 Å². The standard InChI is InChI=1S/C16H21N3O4/c1-3-18-12-7-4-5-8-13(12)19(16(18)23)11-14(20)17(2)10-6-9-15(21)22/h4-5,7-8H,3,6,9-11H2,1-2H3,(H,21,22). The molecule has 0 aliphatic carbocycles. The van der Waals surface area contributed by atoms with Crippen LogP contribution >= 0.6 is 0 Å². The molecule has 1 aromatic heterocycles. The minimum Gasteiger partial charge on any atom is -0.481 e. The van der Waals surface area contributed by atoms with Gasteiger partial charge in [-0.15, -0.1) is 0 Å². The summed E-state index contributed by atoms with van der Waals surface area (Å²) in [5, 5.41) is 8.63. The number of carboxylic acid groups (broad SMARTS) is 1. The minimum atomic E-state index is -0.881. The number of fused-ring (bicyclic) bond motifs is 1. The fraction of sp³-hybridized carbons (Fsp3) is 0.438. The molecule has 0 atom stereocenters. The molecule has 0 fully saturated rings. The van der Waals surface area contributed by atoms with Crippen molar-refractivity contribution in [2.75, 3.05) is 13.6 Å². The number of carboxylic acids is 1. The molecule has 0 aliphatic rings. The van der Waals surface area contributed by atoms with Gasteiger partial charge in [-0.25, -0.2) is 4.79 Å². The fourth-order valence-corrected chi connectivity index (χ4v) is 2.58. The molecule has 7 heteroatoms. The molecular weight excluding hydrogens is 298 g/mol. The van der Waals surface area contributed by atoms with E-state index < -0.39 is 5.97 Å². The number of nitrogens with zero attached hydrogens (tertiary/aromatic N) is 3. The Morgan fingerprint density at radius 1 is 1.17 bits per heavy atom. The van der Waals surface area contributed by atoms with Crippen molar-refractivity contribution in [2.45, 2.75) is 32.9 Å². The average Bonchev–Trinajstić information content (AvgIpc) is 2.78. The summed E-state index contributed by atoms with van der Waals surface area (Å²) in [5.74, 6) is -1.09. The Labute approximate surface area is 133 Å². The van der Waals surface area contributed by atoms with Crippen molar-refractivity contribution in [3.63, 3.8) is 0 Å². The smallest absolute Gasteiger partial charge is 0.329 e. The molecule has 0 bridgehead atoms. The van der Waals surface area contributed by atoms with Gasteiger partial charge in [0, 0.05) is 26.6 Å². The van der Waals surface area contributed by atoms with E-state index in [1.807, 2.05) is 31.2 Å². The van der Waals surface area contributed by atoms with Crippen LogP contribution < -0.4 is 5.69 Å². The van der Waals surface area contributed by atoms with E-state index in [0.717, 1.165) is 11.0 Å². The first-order valence-corrected chi connectivity index (χ1v) is 7.59. The summed E-state index contributed by atoms with van der Waals surface area (Å²) in [6, 6.07) is 7.37. The van der Waals surface area contributed by atoms with E-state index in [0.29, 0.717) is 19.5 Å². The van der Waals surface area contributed by atoms with E-state index in [9.17, 15) is 14.4 Å². The third-order valence-electron chi connectivity index (χ3n) is 3.84. The van der Waals surface area contributed by atoms with Crippen LogP contribution in [0.3, 0.4) is 0 Å². The van der Waals surface area contributed by atoms with Crippen molar-refractivity contribution >= 4 is 22.9 Å². The normalized spacial score (nSPS) is 10.9. The van der Waals surface area contributed by atoms with Crippen LogP contribution in [0.1, 0.15) is 19.8 Å². The largest absolute Gasteiger partial charge is 0.481 e. The van der Waals surface area contributed by atoms with Crippen molar-refractivity contribution < 1.29 is 14.7 Å². The van der Waals surface area contributed by atoms with Gasteiger partial charge in [0.25, 0.3) is 0 Å². The number of amides is 1. The van der Waals surface area contributed by atoms with Crippen LogP contribution in [0.2, 0.25) is 0 Å². The zero-order chi connectivity index (χ0) is 17.0. The summed E-state index contributed by atoms with van der Waals surface area (Å²) in [6.07, 6.45) is 0.413. The van der Waals surface area contributed by atoms with E-state index in [4.69, 9.17) is 5.11 Å². The molecule has 1 heterocycles. The lowest BCUT2D eigenvalue weighted by molar-refractivity contribution is -0.138. The molecular formula is C16H21N3O4. The zero-order valence-corrected chi connectivity index (χ0v) is 13.4. The van der Waals surface area contributed by atoms with Crippen LogP contribution in [0.15, 0.2) is 29.1 Å². The van der Waals surface area contributed by atoms with Crippen molar-refractivity contribution in [2.24, 2.45) is 0 Å². The van der Waals surface area contributed by atoms with E-state index in [1.54, 1.807) is 11.6 Å². The monoisotopic (exact) mass is 319 g/mol. The van der Waals surface area contributed by atoms with Gasteiger partial charge in [0.15, 0.2) is 0 Å². The van der Waals surface area contributed by atoms with Crippen LogP contribution in [0.25, 0.3) is 11.0 Å². The van der Waals surface area contributed by atoms with Gasteiger partial charge < -0.3 is 10.0 Å². The maximum atomic E-state index is 12.5. The average molecular weight is 319 g/mol. The molecule has 7 nitrogen and oxygen atoms in total. The predicted molar refractivity (Wildman–Crippen MR) is 86.4 cm³/mol. The second kappa shape index (κ2) is 7.13. The van der Waals surface area contributed by atoms with Crippen LogP contribution in [0.4, 0.5) is 0 Å². The number of rotatable bonds is 7. The van der Waals surface area contributed by atoms with Crippen LogP contribution in [-0.4, -0.2) is 44.6 Å². The highest BCUT2D eigenvalue weighted by Crippen LogP contribution is 2.12. The van der Waals surface area contributed by atoms with Crippen molar-refractivity contribution in [1.82, 2.24) is 14.0 Å². The van der Waals surface area contributed by atoms with Gasteiger partial charge in [0.2, 0.25) is 5.91 Å². The highest BCUT2D eigenvalue weighted by Gasteiger charge is 2.16. The molecule has 2 rings (SSSR count). The molecule has 23 heavy (non-hydrogen) atoms. The van der Waals surface area contributed by atoms with Gasteiger partial charge in [-0.2, -0.15) is 0 Å². The fourth-order valence-electron chi connectivity index (χ4n) is 2.58. The molecule has 2 aromatic rings. The molecule has 0 unspecified atom stereocenters. The Bertz CT molecular complexity index is 775. The number of hydrogen-bond donors (Lipinski definition) is 1. The van der Waals surface area contributed by atoms with E-state index in [-0.39, 0.29) is 24.6 Å². The minimum absolute atomic E-state index is 0.0205. The molecule has 0 saturated carbocycles. The molecule has 1 N–H and O–H groups in total. The lowest BCUT2D eigenvalue weighted by Crippen LogP contribution is -2.35. The van der Waals surface area contributed by atoms with Gasteiger partial charge in [-0.05, 0) is 25.5 Å². The van der Waals surface area contributed by atoms with Gasteiger partial charge in [-0.1, -0.05) is 12.1 Å². The number of hydrogen-bond acceptors (Lipinski definition) is 3. The second-order valence-electron chi connectivity index (χ2n) is 5.41. The van der Waals surface area contributed by atoms with Crippen LogP contribution in [-0.2, 0) is 22.7 Å². The summed E-state index contributed by atoms with van der Waals surface area (Å²) in [7, 11) is 1.62. The van der Waals surface area contributed by atoms with E-state index in [2.05, 4.69) is 0 Å². The Balaban J connectivity index is 2.18. The van der Waals surface area contributed by atoms with Gasteiger partial charge >= 0.3 is 11.7 Å². The SMILES string of the molecule is CCn1c(=O)n(CC(=O)N(C)CCCC(=O)O)c2ccccc21. The number of imidazole rings is 1. The Kier molecular flexibility index (Phi) is 5.20. The first-order valence-electron chi connectivity index (χ1n) is 7.59. The number of benzene rings is 1. The first-order chi connectivity index (χ1) is 11.0. The predicted octanol–water partition coefficient (Wildman–Crippen LogP) is 1.15. The summed E-state index contributed by atoms with van der Waals surface area (Å²) < 4.78 is 3.10. The topological polar surface area (TPSA) is 84.5 Å². The number of aryl methyl sites for hydroxylation is 1. The Morgan fingerprint density at radius 3 is 2.35 bits per heavy atom. The molecule has 0 spiro atoms. The Morgan fingerprint density at radius 2 is 1.78 bits per heavy atom. The van der Waals surface area contributed by atoms with Gasteiger partial charge in [0.1, 0.15) is 6.54 Å². The van der Waals surface area contributed by atoms with Crippen molar-refractivity contribution in [3.8, 4) is 0 Å². The second-order valence-corrected chi connectivity index (χ2v) is 5.41. The number of aromatic nitrogens is 2. The number of aliphatic carboxylic acids is 1.